The van der Waals surface area contributed by atoms with E-state index in [1.165, 1.54) is 20.8 Å². The minimum atomic E-state index is -4.44. The number of likely N-dealkylation sites (tertiary alicyclic amines) is 1. The first-order valence-corrected chi connectivity index (χ1v) is 29.9. The highest BCUT2D eigenvalue weighted by Crippen LogP contribution is 2.21. The number of amides is 1. The largest absolute Gasteiger partial charge is 0.748 e. The van der Waals surface area contributed by atoms with Crippen molar-refractivity contribution in [3.63, 3.8) is 0 Å². The summed E-state index contributed by atoms with van der Waals surface area (Å²) < 4.78 is 60.0. The van der Waals surface area contributed by atoms with E-state index in [1.54, 1.807) is 46.4 Å². The van der Waals surface area contributed by atoms with Crippen molar-refractivity contribution >= 4 is 57.4 Å². The highest BCUT2D eigenvalue weighted by Gasteiger charge is 2.29. The number of carbonyl (C=O) groups is 8. The molecule has 0 aromatic heterocycles. The molecule has 0 radical (unpaired) electrons. The van der Waals surface area contributed by atoms with Gasteiger partial charge in [-0.3, -0.25) is 14.4 Å². The molecule has 0 aromatic carbocycles. The number of nitrogens with zero attached hydrogens (tertiary/aromatic N) is 2. The van der Waals surface area contributed by atoms with E-state index < -0.39 is 26.6 Å². The molecule has 0 atom stereocenters. The van der Waals surface area contributed by atoms with Gasteiger partial charge in [0.25, 0.3) is 0 Å². The molecule has 0 unspecified atom stereocenters. The summed E-state index contributed by atoms with van der Waals surface area (Å²) in [6, 6.07) is 0. The Morgan fingerprint density at radius 2 is 0.930 bits per heavy atom. The first-order valence-electron chi connectivity index (χ1n) is 28.5. The van der Waals surface area contributed by atoms with Crippen molar-refractivity contribution < 1.29 is 79.7 Å². The van der Waals surface area contributed by atoms with Gasteiger partial charge in [0.2, 0.25) is 5.91 Å². The summed E-state index contributed by atoms with van der Waals surface area (Å²) in [5, 5.41) is 3.21. The van der Waals surface area contributed by atoms with Crippen molar-refractivity contribution in [1.29, 1.82) is 0 Å². The van der Waals surface area contributed by atoms with E-state index in [4.69, 9.17) is 28.4 Å². The fourth-order valence-electron chi connectivity index (χ4n) is 5.04. The third-order valence-electron chi connectivity index (χ3n) is 10.5. The van der Waals surface area contributed by atoms with Crippen LogP contribution in [0.2, 0.25) is 0 Å². The Morgan fingerprint density at radius 3 is 1.27 bits per heavy atom. The van der Waals surface area contributed by atoms with Gasteiger partial charge in [0.15, 0.2) is 11.6 Å². The van der Waals surface area contributed by atoms with Crippen molar-refractivity contribution in [3.05, 3.63) is 85.1 Å². The molecule has 0 aromatic rings. The number of unbranched alkanes of at least 4 members (excludes halogenated alkanes) is 2. The van der Waals surface area contributed by atoms with E-state index in [2.05, 4.69) is 105 Å². The second-order valence-corrected chi connectivity index (χ2v) is 23.1. The Bertz CT molecular complexity index is 2190. The number of carbonyl (C=O) groups excluding carboxylic acids is 8. The smallest absolute Gasteiger partial charge is 0.333 e. The lowest BCUT2D eigenvalue weighted by Gasteiger charge is -2.27. The summed E-state index contributed by atoms with van der Waals surface area (Å²) in [6.07, 6.45) is 6.73. The van der Waals surface area contributed by atoms with E-state index in [1.807, 2.05) is 6.92 Å². The Hall–Kier alpha value is -5.87. The maximum atomic E-state index is 11.2. The molecule has 1 N–H and O–H groups in total. The van der Waals surface area contributed by atoms with Gasteiger partial charge < -0.3 is 48.1 Å². The summed E-state index contributed by atoms with van der Waals surface area (Å²) >= 11 is 0. The average Bonchev–Trinajstić information content (AvgIpc) is 3.94. The standard InChI is InChI=1S/C10H15NO3.2C10H19NO2.C10H18O2.C8H14O4S.C8H14O2.C7H12O2.2CH4/c1-8(2)10(13)14-7-6-11-5-3-4-9(11)12;1-8(2)9(12)13-7-6-11-10(3,4)5;1-5-11(6-2)7-8-13-10(12)9(3)4;1-4-5-7-12-8-6-10(11)9(2)3;1-6(2)7(9)5-8(3,4)13(10,11)12;1-4-5-6-10-8(9)7(2)3;1-4-5-9-7(8)6(2)3;;/h1,3-7H2,2H3;11H,1,6-7H2,2-5H3;3,5-8H2,1-2,4H3;2,4-8H2,1,3H3;1,5H2,2-4H3,(H,10,11,12);2,4-6H2,1,3H3;2,4-5H2,1,3H3;2*1H4/p-1. The molecule has 0 spiro atoms. The number of ketones is 2. The molecule has 0 aliphatic carbocycles. The first-order chi connectivity index (χ1) is 38.7. The predicted octanol–water partition coefficient (Wildman–Crippen LogP) is 11.5. The lowest BCUT2D eigenvalue weighted by molar-refractivity contribution is -0.141. The van der Waals surface area contributed by atoms with Crippen LogP contribution >= 0.6 is 0 Å². The summed E-state index contributed by atoms with van der Waals surface area (Å²) in [6.45, 7) is 62.8. The van der Waals surface area contributed by atoms with Crippen LogP contribution in [0.15, 0.2) is 85.1 Å². The van der Waals surface area contributed by atoms with Gasteiger partial charge in [0.05, 0.1) is 31.1 Å². The van der Waals surface area contributed by atoms with Gasteiger partial charge in [-0.2, -0.15) is 0 Å². The number of esters is 5. The first kappa shape index (κ1) is 96.4. The van der Waals surface area contributed by atoms with Crippen LogP contribution in [0.25, 0.3) is 0 Å². The quantitative estimate of drug-likeness (QED) is 0.0216. The van der Waals surface area contributed by atoms with Gasteiger partial charge in [-0.15, -0.1) is 0 Å². The fraction of sp³-hybridized carbons (Fsp3) is 0.662. The van der Waals surface area contributed by atoms with Crippen LogP contribution in [0.4, 0.5) is 0 Å². The van der Waals surface area contributed by atoms with Crippen LogP contribution < -0.4 is 5.32 Å². The third-order valence-corrected chi connectivity index (χ3v) is 12.0. The highest BCUT2D eigenvalue weighted by atomic mass is 32.2. The molecule has 20 nitrogen and oxygen atoms in total. The maximum absolute atomic E-state index is 11.2. The van der Waals surface area contributed by atoms with E-state index in [9.17, 15) is 51.3 Å². The summed E-state index contributed by atoms with van der Waals surface area (Å²) in [5.74, 6) is -1.74. The molecule has 86 heavy (non-hydrogen) atoms. The molecule has 1 fully saturated rings. The zero-order chi connectivity index (χ0) is 66.8. The number of hydrogen-bond acceptors (Lipinski definition) is 19. The minimum absolute atomic E-state index is 0. The van der Waals surface area contributed by atoms with Gasteiger partial charge >= 0.3 is 29.8 Å². The molecule has 502 valence electrons. The Kier molecular flexibility index (Phi) is 63.8. The number of Topliss-reactive ketones (excluding diaryl/α,β-unsaturated/α-hetero) is 2. The number of likely N-dealkylation sites (N-methyl/N-ethyl adjacent to an activating group) is 1. The van der Waals surface area contributed by atoms with E-state index in [0.29, 0.717) is 92.4 Å². The molecule has 0 saturated carbocycles. The van der Waals surface area contributed by atoms with Crippen LogP contribution in [-0.4, -0.2) is 166 Å². The second kappa shape index (κ2) is 56.9. The van der Waals surface area contributed by atoms with Crippen LogP contribution in [0.5, 0.6) is 0 Å². The molecule has 1 rings (SSSR count). The zero-order valence-corrected chi connectivity index (χ0v) is 55.6. The minimum Gasteiger partial charge on any atom is -0.748 e. The summed E-state index contributed by atoms with van der Waals surface area (Å²) in [7, 11) is -4.44. The second-order valence-electron chi connectivity index (χ2n) is 21.1. The number of allylic oxidation sites excluding steroid dienone is 2. The summed E-state index contributed by atoms with van der Waals surface area (Å²) in [5.41, 5.74) is 3.16. The number of hydrogen-bond donors (Lipinski definition) is 1. The highest BCUT2D eigenvalue weighted by molar-refractivity contribution is 7.87. The van der Waals surface area contributed by atoms with Crippen molar-refractivity contribution in [1.82, 2.24) is 15.1 Å². The molecule has 1 amide bonds. The van der Waals surface area contributed by atoms with Crippen LogP contribution in [0.1, 0.15) is 190 Å². The normalized spacial score (nSPS) is 11.0. The molecular weight excluding hydrogens is 1130 g/mol. The number of nitrogens with one attached hydrogen (secondary N) is 1. The van der Waals surface area contributed by atoms with Crippen molar-refractivity contribution in [2.75, 3.05) is 85.5 Å². The van der Waals surface area contributed by atoms with E-state index >= 15 is 0 Å². The Balaban J connectivity index is -0.000000138. The van der Waals surface area contributed by atoms with Crippen molar-refractivity contribution in [3.8, 4) is 0 Å². The predicted molar refractivity (Wildman–Crippen MR) is 347 cm³/mol. The lowest BCUT2D eigenvalue weighted by atomic mass is 10.0. The fourth-order valence-corrected chi connectivity index (χ4v) is 5.35. The zero-order valence-electron chi connectivity index (χ0n) is 54.7. The molecule has 1 aliphatic rings. The lowest BCUT2D eigenvalue weighted by Crippen LogP contribution is -2.38. The molecule has 1 saturated heterocycles. The monoisotopic (exact) mass is 1240 g/mol. The molecular formula is C65H118N3O17S-. The average molecular weight is 1250 g/mol. The van der Waals surface area contributed by atoms with Crippen molar-refractivity contribution in [2.24, 2.45) is 0 Å². The molecule has 1 heterocycles. The van der Waals surface area contributed by atoms with Crippen LogP contribution in [0.3, 0.4) is 0 Å². The Morgan fingerprint density at radius 1 is 0.547 bits per heavy atom. The maximum Gasteiger partial charge on any atom is 0.333 e. The number of rotatable bonds is 32. The molecule has 1 aliphatic heterocycles. The van der Waals surface area contributed by atoms with Crippen molar-refractivity contribution in [2.45, 2.75) is 201 Å². The van der Waals surface area contributed by atoms with Gasteiger partial charge in [0.1, 0.15) is 29.9 Å². The molecule has 21 heteroatoms. The topological polar surface area (TPSA) is 268 Å². The van der Waals surface area contributed by atoms with E-state index in [-0.39, 0.29) is 74.6 Å². The number of ether oxygens (including phenoxy) is 6. The van der Waals surface area contributed by atoms with Gasteiger partial charge in [-0.05, 0) is 133 Å². The molecule has 0 bridgehead atoms. The van der Waals surface area contributed by atoms with Crippen LogP contribution in [-0.2, 0) is 76.9 Å². The van der Waals surface area contributed by atoms with E-state index in [0.717, 1.165) is 71.3 Å². The van der Waals surface area contributed by atoms with Gasteiger partial charge in [-0.25, -0.2) is 32.4 Å². The van der Waals surface area contributed by atoms with Crippen LogP contribution in [0, 0.1) is 0 Å². The SMILES string of the molecule is C.C.C=C(C)C(=O)CC(C)(C)S(=O)(=O)[O-].C=C(C)C(=O)CCOCCCC.C=C(C)C(=O)OCCC.C=C(C)C(=O)OCCCC.C=C(C)C(=O)OCCN(CC)CC.C=C(C)C(=O)OCCN1CCCC1=O.C=C(C)C(=O)OCCNC(C)(C)C. The third kappa shape index (κ3) is 62.7. The van der Waals surface area contributed by atoms with Gasteiger partial charge in [-0.1, -0.05) is 108 Å². The Labute approximate surface area is 521 Å². The van der Waals surface area contributed by atoms with Gasteiger partial charge in [0, 0.05) is 78.9 Å². The summed E-state index contributed by atoms with van der Waals surface area (Å²) in [4.78, 5) is 91.3.